The maximum atomic E-state index is 13.1. The van der Waals surface area contributed by atoms with Crippen molar-refractivity contribution in [3.8, 4) is 11.4 Å². The third kappa shape index (κ3) is 5.29. The molecule has 1 aliphatic rings. The van der Waals surface area contributed by atoms with Crippen molar-refractivity contribution in [2.24, 2.45) is 5.92 Å². The van der Waals surface area contributed by atoms with E-state index in [2.05, 4.69) is 25.3 Å². The van der Waals surface area contributed by atoms with Gasteiger partial charge >= 0.3 is 0 Å². The summed E-state index contributed by atoms with van der Waals surface area (Å²) in [5.41, 5.74) is 0.706. The van der Waals surface area contributed by atoms with Gasteiger partial charge < -0.3 is 14.4 Å². The van der Waals surface area contributed by atoms with Gasteiger partial charge in [0.15, 0.2) is 0 Å². The van der Waals surface area contributed by atoms with Crippen LogP contribution in [0.25, 0.3) is 11.4 Å². The first-order chi connectivity index (χ1) is 14.7. The summed E-state index contributed by atoms with van der Waals surface area (Å²) in [6.07, 6.45) is 8.15. The Balaban J connectivity index is 1.24. The van der Waals surface area contributed by atoms with Gasteiger partial charge in [0, 0.05) is 37.6 Å². The minimum absolute atomic E-state index is 0.0357. The van der Waals surface area contributed by atoms with Crippen molar-refractivity contribution in [3.63, 3.8) is 0 Å². The molecule has 1 N–H and O–H groups in total. The molecule has 30 heavy (non-hydrogen) atoms. The number of aromatic nitrogens is 4. The fraction of sp³-hybridized carbons (Fsp3) is 0.429. The first kappa shape index (κ1) is 20.2. The van der Waals surface area contributed by atoms with E-state index in [0.717, 1.165) is 32.4 Å². The molecule has 1 amide bonds. The number of halogens is 1. The van der Waals surface area contributed by atoms with Gasteiger partial charge in [0.05, 0.1) is 18.8 Å². The predicted molar refractivity (Wildman–Crippen MR) is 108 cm³/mol. The number of hydrogen-bond donors (Lipinski definition) is 1. The number of imidazole rings is 1. The topological polar surface area (TPSA) is 89.1 Å². The molecule has 1 unspecified atom stereocenters. The van der Waals surface area contributed by atoms with Gasteiger partial charge in [0.1, 0.15) is 5.82 Å². The number of carbonyl (C=O) groups excluding carboxylic acids is 1. The summed E-state index contributed by atoms with van der Waals surface area (Å²) >= 11 is 0. The Hall–Kier alpha value is -3.07. The lowest BCUT2D eigenvalue weighted by molar-refractivity contribution is -0.126. The van der Waals surface area contributed by atoms with Crippen molar-refractivity contribution < 1.29 is 13.7 Å². The molecule has 0 bridgehead atoms. The number of nitrogens with one attached hydrogen (secondary N) is 1. The van der Waals surface area contributed by atoms with E-state index >= 15 is 0 Å². The van der Waals surface area contributed by atoms with Crippen molar-refractivity contribution in [1.29, 1.82) is 0 Å². The molecule has 158 valence electrons. The highest BCUT2D eigenvalue weighted by Crippen LogP contribution is 2.20. The summed E-state index contributed by atoms with van der Waals surface area (Å²) in [6, 6.07) is 5.99. The second kappa shape index (κ2) is 9.62. The summed E-state index contributed by atoms with van der Waals surface area (Å²) in [4.78, 5) is 23.1. The Morgan fingerprint density at radius 3 is 2.97 bits per heavy atom. The monoisotopic (exact) mass is 412 g/mol. The molecule has 1 aliphatic heterocycles. The van der Waals surface area contributed by atoms with Gasteiger partial charge in [-0.3, -0.25) is 9.69 Å². The first-order valence-electron chi connectivity index (χ1n) is 10.2. The zero-order valence-corrected chi connectivity index (χ0v) is 16.7. The van der Waals surface area contributed by atoms with E-state index < -0.39 is 0 Å². The van der Waals surface area contributed by atoms with Crippen LogP contribution in [-0.2, 0) is 17.9 Å². The third-order valence-corrected chi connectivity index (χ3v) is 5.26. The molecule has 0 radical (unpaired) electrons. The number of aryl methyl sites for hydroxylation is 1. The number of nitrogens with zero attached hydrogens (tertiary/aromatic N) is 5. The number of amides is 1. The van der Waals surface area contributed by atoms with Crippen molar-refractivity contribution >= 4 is 5.91 Å². The number of benzene rings is 1. The van der Waals surface area contributed by atoms with Gasteiger partial charge in [-0.1, -0.05) is 5.16 Å². The molecule has 0 saturated carbocycles. The van der Waals surface area contributed by atoms with Crippen LogP contribution in [0.4, 0.5) is 4.39 Å². The van der Waals surface area contributed by atoms with Crippen LogP contribution in [0.2, 0.25) is 0 Å². The van der Waals surface area contributed by atoms with Gasteiger partial charge in [-0.25, -0.2) is 9.37 Å². The van der Waals surface area contributed by atoms with E-state index in [9.17, 15) is 9.18 Å². The molecular weight excluding hydrogens is 387 g/mol. The maximum absolute atomic E-state index is 13.1. The minimum atomic E-state index is -0.304. The summed E-state index contributed by atoms with van der Waals surface area (Å²) < 4.78 is 20.4. The SMILES string of the molecule is O=C(NCCCn1ccnc1)C1CCCN(Cc2nc(-c3ccc(F)cc3)no2)C1. The average molecular weight is 412 g/mol. The summed E-state index contributed by atoms with van der Waals surface area (Å²) in [6.45, 7) is 3.54. The quantitative estimate of drug-likeness (QED) is 0.572. The van der Waals surface area contributed by atoms with Crippen LogP contribution < -0.4 is 5.32 Å². The Bertz CT molecular complexity index is 941. The molecule has 8 nitrogen and oxygen atoms in total. The largest absolute Gasteiger partial charge is 0.356 e. The zero-order chi connectivity index (χ0) is 20.8. The number of rotatable bonds is 8. The van der Waals surface area contributed by atoms with Crippen LogP contribution in [0.15, 0.2) is 47.5 Å². The Morgan fingerprint density at radius 1 is 1.30 bits per heavy atom. The molecule has 1 aromatic carbocycles. The molecule has 0 aliphatic carbocycles. The highest BCUT2D eigenvalue weighted by Gasteiger charge is 2.26. The molecule has 1 fully saturated rings. The molecule has 2 aromatic heterocycles. The van der Waals surface area contributed by atoms with Crippen LogP contribution >= 0.6 is 0 Å². The molecule has 1 saturated heterocycles. The first-order valence-corrected chi connectivity index (χ1v) is 10.2. The highest BCUT2D eigenvalue weighted by atomic mass is 19.1. The van der Waals surface area contributed by atoms with Gasteiger partial charge in [-0.2, -0.15) is 4.98 Å². The van der Waals surface area contributed by atoms with E-state index in [1.54, 1.807) is 24.7 Å². The van der Waals surface area contributed by atoms with E-state index in [1.807, 2.05) is 10.8 Å². The lowest BCUT2D eigenvalue weighted by Crippen LogP contribution is -2.43. The molecular formula is C21H25FN6O2. The fourth-order valence-electron chi connectivity index (χ4n) is 3.68. The molecule has 3 aromatic rings. The molecule has 1 atom stereocenters. The second-order valence-corrected chi connectivity index (χ2v) is 7.54. The van der Waals surface area contributed by atoms with Crippen molar-refractivity contribution in [1.82, 2.24) is 29.9 Å². The van der Waals surface area contributed by atoms with Crippen molar-refractivity contribution in [2.75, 3.05) is 19.6 Å². The Labute approximate surface area is 174 Å². The predicted octanol–water partition coefficient (Wildman–Crippen LogP) is 2.49. The van der Waals surface area contributed by atoms with Crippen molar-refractivity contribution in [3.05, 3.63) is 54.7 Å². The standard InChI is InChI=1S/C21H25FN6O2/c22-18-6-4-16(5-7-18)20-25-19(30-26-20)14-28-10-1-3-17(13-28)21(29)24-8-2-11-27-12-9-23-15-27/h4-7,9,12,15,17H,1-3,8,10-11,13-14H2,(H,24,29). The van der Waals surface area contributed by atoms with Crippen LogP contribution in [-0.4, -0.2) is 50.1 Å². The van der Waals surface area contributed by atoms with Crippen LogP contribution in [0.3, 0.4) is 0 Å². The van der Waals surface area contributed by atoms with Crippen LogP contribution in [0, 0.1) is 11.7 Å². The lowest BCUT2D eigenvalue weighted by atomic mass is 9.97. The van der Waals surface area contributed by atoms with E-state index in [0.29, 0.717) is 36.9 Å². The molecule has 0 spiro atoms. The molecule has 3 heterocycles. The lowest BCUT2D eigenvalue weighted by Gasteiger charge is -2.30. The summed E-state index contributed by atoms with van der Waals surface area (Å²) in [5.74, 6) is 0.695. The normalized spacial score (nSPS) is 17.2. The van der Waals surface area contributed by atoms with E-state index in [1.165, 1.54) is 12.1 Å². The van der Waals surface area contributed by atoms with Gasteiger partial charge in [-0.15, -0.1) is 0 Å². The number of likely N-dealkylation sites (tertiary alicyclic amines) is 1. The summed E-state index contributed by atoms with van der Waals surface area (Å²) in [7, 11) is 0. The smallest absolute Gasteiger partial charge is 0.241 e. The average Bonchev–Trinajstić information content (AvgIpc) is 3.44. The van der Waals surface area contributed by atoms with Crippen molar-refractivity contribution in [2.45, 2.75) is 32.4 Å². The van der Waals surface area contributed by atoms with Crippen LogP contribution in [0.5, 0.6) is 0 Å². The fourth-order valence-corrected chi connectivity index (χ4v) is 3.68. The Kier molecular flexibility index (Phi) is 6.48. The number of carbonyl (C=O) groups is 1. The second-order valence-electron chi connectivity index (χ2n) is 7.54. The minimum Gasteiger partial charge on any atom is -0.356 e. The third-order valence-electron chi connectivity index (χ3n) is 5.26. The number of piperidine rings is 1. The van der Waals surface area contributed by atoms with Gasteiger partial charge in [0.2, 0.25) is 17.6 Å². The van der Waals surface area contributed by atoms with E-state index in [-0.39, 0.29) is 17.6 Å². The van der Waals surface area contributed by atoms with Gasteiger partial charge in [-0.05, 0) is 50.1 Å². The van der Waals surface area contributed by atoms with Gasteiger partial charge in [0.25, 0.3) is 0 Å². The highest BCUT2D eigenvalue weighted by molar-refractivity contribution is 5.78. The maximum Gasteiger partial charge on any atom is 0.241 e. The van der Waals surface area contributed by atoms with Crippen LogP contribution in [0.1, 0.15) is 25.2 Å². The number of hydrogen-bond acceptors (Lipinski definition) is 6. The molecule has 9 heteroatoms. The summed E-state index contributed by atoms with van der Waals surface area (Å²) in [5, 5.41) is 7.03. The van der Waals surface area contributed by atoms with E-state index in [4.69, 9.17) is 4.52 Å². The zero-order valence-electron chi connectivity index (χ0n) is 16.7. The molecule has 4 rings (SSSR count). The Morgan fingerprint density at radius 2 is 2.17 bits per heavy atom.